The monoisotopic (exact) mass is 671 g/mol. The van der Waals surface area contributed by atoms with E-state index in [1.165, 1.54) is 22.4 Å². The summed E-state index contributed by atoms with van der Waals surface area (Å²) < 4.78 is 0. The van der Waals surface area contributed by atoms with E-state index < -0.39 is 0 Å². The quantitative estimate of drug-likeness (QED) is 0.146. The molecule has 51 heavy (non-hydrogen) atoms. The number of hydrogen-bond donors (Lipinski definition) is 0. The Morgan fingerprint density at radius 1 is 1.02 bits per heavy atom. The number of allylic oxidation sites excluding steroid dienone is 19. The van der Waals surface area contributed by atoms with Crippen molar-refractivity contribution in [2.24, 2.45) is 5.92 Å². The average molecular weight is 672 g/mol. The zero-order valence-corrected chi connectivity index (χ0v) is 31.3. The van der Waals surface area contributed by atoms with Gasteiger partial charge in [0, 0.05) is 59.5 Å². The van der Waals surface area contributed by atoms with E-state index in [9.17, 15) is 0 Å². The van der Waals surface area contributed by atoms with Gasteiger partial charge in [0.2, 0.25) is 0 Å². The molecule has 0 N–H and O–H groups in total. The summed E-state index contributed by atoms with van der Waals surface area (Å²) in [4.78, 5) is 6.82. The molecule has 1 heterocycles. The SMILES string of the molecule is C#CC1C=CN(c2ccccc2)C(/C=C\Cc2cc(N(C)C3=CC=C(C)C=CC3)cc(N(/C(C)=C/C=C(C)\C=C/C)C(/C=C\CC)=C/C=C)c2)=C1. The topological polar surface area (TPSA) is 9.72 Å². The van der Waals surface area contributed by atoms with Crippen molar-refractivity contribution in [2.45, 2.75) is 53.9 Å². The molecule has 3 nitrogen and oxygen atoms in total. The van der Waals surface area contributed by atoms with Gasteiger partial charge in [-0.1, -0.05) is 103 Å². The highest BCUT2D eigenvalue weighted by Gasteiger charge is 2.18. The van der Waals surface area contributed by atoms with Crippen molar-refractivity contribution in [3.8, 4) is 12.3 Å². The molecule has 0 amide bonds. The highest BCUT2D eigenvalue weighted by molar-refractivity contribution is 5.70. The first-order valence-electron chi connectivity index (χ1n) is 17.8. The molecular weight excluding hydrogens is 619 g/mol. The molecule has 1 atom stereocenters. The van der Waals surface area contributed by atoms with Crippen LogP contribution in [0.5, 0.6) is 0 Å². The van der Waals surface area contributed by atoms with Crippen LogP contribution in [0, 0.1) is 18.3 Å². The van der Waals surface area contributed by atoms with Crippen LogP contribution >= 0.6 is 0 Å². The molecule has 2 aromatic rings. The van der Waals surface area contributed by atoms with Crippen LogP contribution in [0.3, 0.4) is 0 Å². The molecule has 0 saturated carbocycles. The van der Waals surface area contributed by atoms with Gasteiger partial charge in [0.15, 0.2) is 0 Å². The molecule has 2 aliphatic rings. The third-order valence-electron chi connectivity index (χ3n) is 8.67. The smallest absolute Gasteiger partial charge is 0.0600 e. The zero-order chi connectivity index (χ0) is 36.6. The summed E-state index contributed by atoms with van der Waals surface area (Å²) in [5.74, 6) is 2.83. The summed E-state index contributed by atoms with van der Waals surface area (Å²) in [5, 5.41) is 0. The van der Waals surface area contributed by atoms with Crippen LogP contribution in [0.1, 0.15) is 53.0 Å². The minimum atomic E-state index is -0.0483. The number of para-hydroxylation sites is 1. The highest BCUT2D eigenvalue weighted by atomic mass is 15.2. The van der Waals surface area contributed by atoms with Crippen LogP contribution in [-0.4, -0.2) is 7.05 Å². The molecule has 0 spiro atoms. The molecule has 0 radical (unpaired) electrons. The normalized spacial score (nSPS) is 17.0. The van der Waals surface area contributed by atoms with Gasteiger partial charge in [-0.25, -0.2) is 0 Å². The second-order valence-electron chi connectivity index (χ2n) is 12.7. The fraction of sp³-hybridized carbons (Fsp3) is 0.208. The maximum atomic E-state index is 5.85. The minimum Gasteiger partial charge on any atom is -0.348 e. The second kappa shape index (κ2) is 19.5. The van der Waals surface area contributed by atoms with E-state index in [4.69, 9.17) is 6.42 Å². The van der Waals surface area contributed by atoms with E-state index in [0.717, 1.165) is 53.4 Å². The predicted octanol–water partition coefficient (Wildman–Crippen LogP) is 12.4. The molecule has 260 valence electrons. The first-order valence-corrected chi connectivity index (χ1v) is 17.8. The summed E-state index contributed by atoms with van der Waals surface area (Å²) in [6, 6.07) is 17.3. The standard InChI is InChI=1S/C48H53N3/c1-9-13-23-45(20-11-3)51(40(7)30-28-38(5)19-10-2)48-36-42(35-47(37-48)49(8)43-26-17-21-39(6)29-31-43)22-18-27-46-34-41(12-4)32-33-50(46)44-24-15-14-16-25-44/h4,10-11,13-21,23-25,27-37,41H,3,9,22,26H2,1-2,5-8H3/b19-10-,23-13-,27-18-,38-28-,40-30+,45-20+. The lowest BCUT2D eigenvalue weighted by Crippen LogP contribution is -2.21. The number of terminal acetylenes is 1. The molecule has 1 aliphatic carbocycles. The molecule has 1 unspecified atom stereocenters. The van der Waals surface area contributed by atoms with Crippen molar-refractivity contribution >= 4 is 17.1 Å². The van der Waals surface area contributed by atoms with Gasteiger partial charge < -0.3 is 14.7 Å². The molecule has 0 saturated heterocycles. The Kier molecular flexibility index (Phi) is 14.5. The largest absolute Gasteiger partial charge is 0.348 e. The van der Waals surface area contributed by atoms with Gasteiger partial charge in [0.25, 0.3) is 0 Å². The fourth-order valence-electron chi connectivity index (χ4n) is 5.96. The van der Waals surface area contributed by atoms with E-state index in [1.807, 2.05) is 19.1 Å². The average Bonchev–Trinajstić information content (AvgIpc) is 3.37. The number of benzene rings is 2. The fourth-order valence-corrected chi connectivity index (χ4v) is 5.96. The lowest BCUT2D eigenvalue weighted by molar-refractivity contribution is 1.01. The third kappa shape index (κ3) is 10.9. The Labute approximate surface area is 308 Å². The van der Waals surface area contributed by atoms with Crippen LogP contribution in [0.25, 0.3) is 0 Å². The molecule has 3 heteroatoms. The summed E-state index contributed by atoms with van der Waals surface area (Å²) >= 11 is 0. The Bertz CT molecular complexity index is 1910. The van der Waals surface area contributed by atoms with E-state index in [2.05, 4.69) is 202 Å². The lowest BCUT2D eigenvalue weighted by Gasteiger charge is -2.30. The Balaban J connectivity index is 1.84. The van der Waals surface area contributed by atoms with Crippen molar-refractivity contribution in [3.63, 3.8) is 0 Å². The maximum absolute atomic E-state index is 5.85. The molecule has 0 aromatic heterocycles. The Morgan fingerprint density at radius 2 is 1.80 bits per heavy atom. The molecule has 2 aromatic carbocycles. The molecular formula is C48H53N3. The minimum absolute atomic E-state index is 0.0483. The van der Waals surface area contributed by atoms with Gasteiger partial charge in [0.05, 0.1) is 5.92 Å². The summed E-state index contributed by atoms with van der Waals surface area (Å²) in [5.41, 5.74) is 11.4. The number of nitrogens with zero attached hydrogens (tertiary/aromatic N) is 3. The van der Waals surface area contributed by atoms with Crippen LogP contribution < -0.4 is 14.7 Å². The number of rotatable bonds is 14. The first-order chi connectivity index (χ1) is 24.8. The predicted molar refractivity (Wildman–Crippen MR) is 224 cm³/mol. The number of anilines is 3. The van der Waals surface area contributed by atoms with Gasteiger partial charge in [-0.2, -0.15) is 0 Å². The van der Waals surface area contributed by atoms with Gasteiger partial charge in [-0.05, 0) is 119 Å². The van der Waals surface area contributed by atoms with E-state index in [1.54, 1.807) is 0 Å². The van der Waals surface area contributed by atoms with Crippen LogP contribution in [0.2, 0.25) is 0 Å². The van der Waals surface area contributed by atoms with Crippen molar-refractivity contribution in [2.75, 3.05) is 21.7 Å². The highest BCUT2D eigenvalue weighted by Crippen LogP contribution is 2.34. The van der Waals surface area contributed by atoms with Crippen molar-refractivity contribution < 1.29 is 0 Å². The Morgan fingerprint density at radius 3 is 2.53 bits per heavy atom. The summed E-state index contributed by atoms with van der Waals surface area (Å²) in [6.45, 7) is 14.7. The molecule has 0 fully saturated rings. The van der Waals surface area contributed by atoms with Gasteiger partial charge in [0.1, 0.15) is 0 Å². The lowest BCUT2D eigenvalue weighted by atomic mass is 10.0. The van der Waals surface area contributed by atoms with Crippen LogP contribution in [0.15, 0.2) is 192 Å². The molecule has 1 aliphatic heterocycles. The molecule has 4 rings (SSSR count). The third-order valence-corrected chi connectivity index (χ3v) is 8.67. The van der Waals surface area contributed by atoms with Crippen LogP contribution in [0.4, 0.5) is 17.1 Å². The zero-order valence-electron chi connectivity index (χ0n) is 31.3. The summed E-state index contributed by atoms with van der Waals surface area (Å²) in [6.07, 6.45) is 44.8. The Hall–Kier alpha value is -5.72. The van der Waals surface area contributed by atoms with E-state index in [-0.39, 0.29) is 5.92 Å². The molecule has 0 bridgehead atoms. The van der Waals surface area contributed by atoms with Crippen molar-refractivity contribution in [1.82, 2.24) is 0 Å². The van der Waals surface area contributed by atoms with Crippen molar-refractivity contribution in [3.05, 3.63) is 198 Å². The van der Waals surface area contributed by atoms with Gasteiger partial charge >= 0.3 is 0 Å². The second-order valence-corrected chi connectivity index (χ2v) is 12.7. The first kappa shape index (κ1) is 38.1. The van der Waals surface area contributed by atoms with Gasteiger partial charge in [-0.15, -0.1) is 6.42 Å². The van der Waals surface area contributed by atoms with E-state index >= 15 is 0 Å². The van der Waals surface area contributed by atoms with E-state index in [0.29, 0.717) is 0 Å². The number of hydrogen-bond acceptors (Lipinski definition) is 3. The van der Waals surface area contributed by atoms with Gasteiger partial charge in [-0.3, -0.25) is 0 Å². The van der Waals surface area contributed by atoms with Crippen molar-refractivity contribution in [1.29, 1.82) is 0 Å². The maximum Gasteiger partial charge on any atom is 0.0600 e. The van der Waals surface area contributed by atoms with Crippen LogP contribution in [-0.2, 0) is 6.42 Å². The summed E-state index contributed by atoms with van der Waals surface area (Å²) in [7, 11) is 2.16.